The van der Waals surface area contributed by atoms with Gasteiger partial charge in [0.05, 0.1) is 32.8 Å². The summed E-state index contributed by atoms with van der Waals surface area (Å²) in [5.74, 6) is 2.90. The van der Waals surface area contributed by atoms with Crippen molar-refractivity contribution < 1.29 is 18.6 Å². The van der Waals surface area contributed by atoms with Gasteiger partial charge in [-0.25, -0.2) is 4.98 Å². The van der Waals surface area contributed by atoms with E-state index in [-0.39, 0.29) is 0 Å². The molecule has 9 heteroatoms. The van der Waals surface area contributed by atoms with Crippen molar-refractivity contribution in [2.75, 3.05) is 21.3 Å². The third kappa shape index (κ3) is 4.16. The first-order chi connectivity index (χ1) is 15.5. The zero-order valence-electron chi connectivity index (χ0n) is 18.6. The van der Waals surface area contributed by atoms with Gasteiger partial charge in [0, 0.05) is 18.0 Å². The lowest BCUT2D eigenvalue weighted by atomic mass is 10.1. The fraction of sp³-hybridized carbons (Fsp3) is 0.261. The topological polar surface area (TPSA) is 84.4 Å². The average Bonchev–Trinajstić information content (AvgIpc) is 3.48. The Bertz CT molecular complexity index is 1210. The number of rotatable bonds is 8. The van der Waals surface area contributed by atoms with E-state index < -0.39 is 0 Å². The second-order valence-electron chi connectivity index (χ2n) is 7.00. The van der Waals surface area contributed by atoms with Crippen molar-refractivity contribution in [2.45, 2.75) is 24.8 Å². The molecular formula is C23H24N4O4S. The molecule has 2 aromatic carbocycles. The summed E-state index contributed by atoms with van der Waals surface area (Å²) in [4.78, 5) is 4.50. The molecule has 2 aromatic heterocycles. The van der Waals surface area contributed by atoms with Crippen molar-refractivity contribution in [2.24, 2.45) is 0 Å². The Morgan fingerprint density at radius 1 is 1.00 bits per heavy atom. The highest BCUT2D eigenvalue weighted by Crippen LogP contribution is 2.41. The second kappa shape index (κ2) is 9.35. The molecule has 2 heterocycles. The van der Waals surface area contributed by atoms with Crippen molar-refractivity contribution >= 4 is 11.8 Å². The van der Waals surface area contributed by atoms with E-state index >= 15 is 0 Å². The van der Waals surface area contributed by atoms with Crippen LogP contribution in [0.5, 0.6) is 17.2 Å². The summed E-state index contributed by atoms with van der Waals surface area (Å²) in [6, 6.07) is 9.79. The molecule has 166 valence electrons. The Balaban J connectivity index is 1.55. The number of benzene rings is 2. The number of nitrogens with zero attached hydrogens (tertiary/aromatic N) is 4. The highest BCUT2D eigenvalue weighted by Gasteiger charge is 2.18. The Morgan fingerprint density at radius 2 is 1.75 bits per heavy atom. The summed E-state index contributed by atoms with van der Waals surface area (Å²) in [5, 5.41) is 9.24. The fourth-order valence-electron chi connectivity index (χ4n) is 3.34. The van der Waals surface area contributed by atoms with Gasteiger partial charge in [-0.1, -0.05) is 23.9 Å². The van der Waals surface area contributed by atoms with Gasteiger partial charge in [0.2, 0.25) is 17.5 Å². The van der Waals surface area contributed by atoms with Crippen LogP contribution in [-0.2, 0) is 5.75 Å². The normalized spacial score (nSPS) is 10.9. The van der Waals surface area contributed by atoms with E-state index in [0.29, 0.717) is 40.3 Å². The first-order valence-corrected chi connectivity index (χ1v) is 10.9. The molecule has 0 fully saturated rings. The summed E-state index contributed by atoms with van der Waals surface area (Å²) in [6.07, 6.45) is 3.75. The number of aryl methyl sites for hydroxylation is 1. The molecule has 0 amide bonds. The Labute approximate surface area is 190 Å². The number of ether oxygens (including phenoxy) is 3. The van der Waals surface area contributed by atoms with Crippen molar-refractivity contribution in [3.8, 4) is 34.4 Å². The standard InChI is InChI=1S/C23H24N4O4S/c1-14-7-6-8-17(15(14)2)27-10-9-24-23(27)32-13-20-25-26-22(31-20)16-11-18(28-3)21(30-5)19(12-16)29-4/h6-12H,13H2,1-5H3. The van der Waals surface area contributed by atoms with E-state index in [1.807, 2.05) is 12.3 Å². The highest BCUT2D eigenvalue weighted by molar-refractivity contribution is 7.98. The van der Waals surface area contributed by atoms with Gasteiger partial charge < -0.3 is 18.6 Å². The Hall–Kier alpha value is -3.46. The monoisotopic (exact) mass is 452 g/mol. The first-order valence-electron chi connectivity index (χ1n) is 9.91. The van der Waals surface area contributed by atoms with Crippen LogP contribution in [0.2, 0.25) is 0 Å². The summed E-state index contributed by atoms with van der Waals surface area (Å²) in [5.41, 5.74) is 4.24. The molecule has 0 radical (unpaired) electrons. The van der Waals surface area contributed by atoms with Crippen molar-refractivity contribution in [1.82, 2.24) is 19.7 Å². The van der Waals surface area contributed by atoms with E-state index in [0.717, 1.165) is 10.8 Å². The first kappa shape index (κ1) is 21.8. The number of hydrogen-bond acceptors (Lipinski definition) is 8. The van der Waals surface area contributed by atoms with Gasteiger partial charge in [0.1, 0.15) is 0 Å². The van der Waals surface area contributed by atoms with E-state index in [2.05, 4.69) is 45.7 Å². The molecule has 32 heavy (non-hydrogen) atoms. The van der Waals surface area contributed by atoms with Gasteiger partial charge in [-0.3, -0.25) is 4.57 Å². The molecule has 0 saturated heterocycles. The van der Waals surface area contributed by atoms with Gasteiger partial charge in [-0.15, -0.1) is 10.2 Å². The smallest absolute Gasteiger partial charge is 0.248 e. The predicted octanol–water partition coefficient (Wildman–Crippen LogP) is 4.86. The van der Waals surface area contributed by atoms with E-state index in [1.54, 1.807) is 39.7 Å². The lowest BCUT2D eigenvalue weighted by Crippen LogP contribution is -1.99. The van der Waals surface area contributed by atoms with Gasteiger partial charge >= 0.3 is 0 Å². The molecule has 0 aliphatic carbocycles. The van der Waals surface area contributed by atoms with Crippen LogP contribution in [0.15, 0.2) is 52.3 Å². The van der Waals surface area contributed by atoms with Crippen LogP contribution in [0.3, 0.4) is 0 Å². The average molecular weight is 453 g/mol. The van der Waals surface area contributed by atoms with Crippen molar-refractivity contribution in [1.29, 1.82) is 0 Å². The van der Waals surface area contributed by atoms with Gasteiger partial charge in [0.15, 0.2) is 16.7 Å². The Kier molecular flexibility index (Phi) is 6.36. The van der Waals surface area contributed by atoms with Crippen LogP contribution < -0.4 is 14.2 Å². The quantitative estimate of drug-likeness (QED) is 0.351. The van der Waals surface area contributed by atoms with Gasteiger partial charge in [-0.2, -0.15) is 0 Å². The third-order valence-electron chi connectivity index (χ3n) is 5.15. The minimum Gasteiger partial charge on any atom is -0.493 e. The molecule has 0 atom stereocenters. The number of imidazole rings is 1. The lowest BCUT2D eigenvalue weighted by Gasteiger charge is -2.12. The maximum atomic E-state index is 5.90. The van der Waals surface area contributed by atoms with Gasteiger partial charge in [-0.05, 0) is 43.2 Å². The molecule has 0 N–H and O–H groups in total. The lowest BCUT2D eigenvalue weighted by molar-refractivity contribution is 0.324. The van der Waals surface area contributed by atoms with Crippen LogP contribution in [0, 0.1) is 13.8 Å². The molecule has 0 saturated carbocycles. The van der Waals surface area contributed by atoms with E-state index in [9.17, 15) is 0 Å². The van der Waals surface area contributed by atoms with Crippen molar-refractivity contribution in [3.05, 3.63) is 59.7 Å². The molecule has 0 unspecified atom stereocenters. The van der Waals surface area contributed by atoms with Crippen LogP contribution in [0.4, 0.5) is 0 Å². The predicted molar refractivity (Wildman–Crippen MR) is 122 cm³/mol. The third-order valence-corrected chi connectivity index (χ3v) is 6.10. The van der Waals surface area contributed by atoms with Gasteiger partial charge in [0.25, 0.3) is 0 Å². The summed E-state index contributed by atoms with van der Waals surface area (Å²) >= 11 is 1.53. The Morgan fingerprint density at radius 3 is 2.44 bits per heavy atom. The minimum atomic E-state index is 0.373. The van der Waals surface area contributed by atoms with Crippen LogP contribution in [-0.4, -0.2) is 41.1 Å². The van der Waals surface area contributed by atoms with Crippen LogP contribution in [0.1, 0.15) is 17.0 Å². The zero-order chi connectivity index (χ0) is 22.7. The number of hydrogen-bond donors (Lipinski definition) is 0. The maximum absolute atomic E-state index is 5.90. The second-order valence-corrected chi connectivity index (χ2v) is 7.94. The SMILES string of the molecule is COc1cc(-c2nnc(CSc3nccn3-c3cccc(C)c3C)o2)cc(OC)c1OC. The van der Waals surface area contributed by atoms with Crippen molar-refractivity contribution in [3.63, 3.8) is 0 Å². The molecule has 0 bridgehead atoms. The minimum absolute atomic E-state index is 0.373. The molecule has 0 spiro atoms. The molecule has 8 nitrogen and oxygen atoms in total. The number of thioether (sulfide) groups is 1. The highest BCUT2D eigenvalue weighted by atomic mass is 32.2. The van der Waals surface area contributed by atoms with Crippen LogP contribution in [0.25, 0.3) is 17.1 Å². The fourth-order valence-corrected chi connectivity index (χ4v) is 4.14. The molecule has 0 aliphatic heterocycles. The number of methoxy groups -OCH3 is 3. The number of aromatic nitrogens is 4. The zero-order valence-corrected chi connectivity index (χ0v) is 19.4. The van der Waals surface area contributed by atoms with E-state index in [4.69, 9.17) is 18.6 Å². The summed E-state index contributed by atoms with van der Waals surface area (Å²) in [7, 11) is 4.69. The molecule has 4 aromatic rings. The molecule has 4 rings (SSSR count). The summed E-state index contributed by atoms with van der Waals surface area (Å²) < 4.78 is 24.2. The molecular weight excluding hydrogens is 428 g/mol. The largest absolute Gasteiger partial charge is 0.493 e. The van der Waals surface area contributed by atoms with Crippen LogP contribution >= 0.6 is 11.8 Å². The van der Waals surface area contributed by atoms with E-state index in [1.165, 1.54) is 22.9 Å². The summed E-state index contributed by atoms with van der Waals surface area (Å²) in [6.45, 7) is 4.21. The molecule has 0 aliphatic rings. The maximum Gasteiger partial charge on any atom is 0.248 e.